The summed E-state index contributed by atoms with van der Waals surface area (Å²) in [5.74, 6) is 0.780. The summed E-state index contributed by atoms with van der Waals surface area (Å²) in [5.41, 5.74) is 5.29. The Balaban J connectivity index is 1.69. The number of amides is 1. The second kappa shape index (κ2) is 7.87. The molecule has 1 amide bonds. The van der Waals surface area contributed by atoms with Crippen LogP contribution in [0.25, 0.3) is 33.3 Å². The number of hydrogen-bond donors (Lipinski definition) is 1. The van der Waals surface area contributed by atoms with Crippen molar-refractivity contribution in [2.24, 2.45) is 0 Å². The molecule has 148 valence electrons. The number of pyridine rings is 2. The standard InChI is InChI=1S/C22H23N5O2/c1-14-12-17(16-10-9-15-6-4-7-19(29-3)21(15)26-16)25-18-13-24-27(22(14)18)11-5-8-20(28)23-2/h4,6-7,9-10,12-13H,5,8,11H2,1-3H3,(H,23,28). The average Bonchev–Trinajstić information content (AvgIpc) is 3.16. The SMILES string of the molecule is CNC(=O)CCCn1ncc2nc(-c3ccc4cccc(OC)c4n3)cc(C)c21. The smallest absolute Gasteiger partial charge is 0.219 e. The molecular formula is C22H23N5O2. The van der Waals surface area contributed by atoms with Gasteiger partial charge in [-0.1, -0.05) is 18.2 Å². The van der Waals surface area contributed by atoms with Crippen LogP contribution in [0.5, 0.6) is 5.75 Å². The normalized spacial score (nSPS) is 11.1. The molecule has 1 aromatic carbocycles. The number of benzene rings is 1. The molecule has 1 N–H and O–H groups in total. The zero-order valence-electron chi connectivity index (χ0n) is 16.8. The minimum Gasteiger partial charge on any atom is -0.494 e. The number of aromatic nitrogens is 4. The maximum absolute atomic E-state index is 11.4. The van der Waals surface area contributed by atoms with E-state index in [2.05, 4.69) is 10.4 Å². The van der Waals surface area contributed by atoms with Gasteiger partial charge in [-0.2, -0.15) is 5.10 Å². The second-order valence-electron chi connectivity index (χ2n) is 6.93. The lowest BCUT2D eigenvalue weighted by Crippen LogP contribution is -2.18. The summed E-state index contributed by atoms with van der Waals surface area (Å²) in [6.45, 7) is 2.72. The van der Waals surface area contributed by atoms with E-state index in [1.807, 2.05) is 48.0 Å². The largest absolute Gasteiger partial charge is 0.494 e. The Morgan fingerprint density at radius 2 is 2.03 bits per heavy atom. The van der Waals surface area contributed by atoms with Crippen molar-refractivity contribution in [2.75, 3.05) is 14.2 Å². The lowest BCUT2D eigenvalue weighted by Gasteiger charge is -2.09. The molecule has 0 aliphatic carbocycles. The summed E-state index contributed by atoms with van der Waals surface area (Å²) in [4.78, 5) is 21.0. The molecule has 4 rings (SSSR count). The van der Waals surface area contributed by atoms with Gasteiger partial charge in [0.15, 0.2) is 0 Å². The molecular weight excluding hydrogens is 366 g/mol. The maximum atomic E-state index is 11.4. The highest BCUT2D eigenvalue weighted by atomic mass is 16.5. The van der Waals surface area contributed by atoms with Gasteiger partial charge in [0, 0.05) is 25.4 Å². The van der Waals surface area contributed by atoms with E-state index in [1.54, 1.807) is 20.4 Å². The van der Waals surface area contributed by atoms with Crippen LogP contribution in [0.3, 0.4) is 0 Å². The van der Waals surface area contributed by atoms with Gasteiger partial charge in [0.1, 0.15) is 16.8 Å². The lowest BCUT2D eigenvalue weighted by molar-refractivity contribution is -0.120. The second-order valence-corrected chi connectivity index (χ2v) is 6.93. The first kappa shape index (κ1) is 18.9. The predicted molar refractivity (Wildman–Crippen MR) is 113 cm³/mol. The summed E-state index contributed by atoms with van der Waals surface area (Å²) in [6, 6.07) is 11.9. The molecule has 3 aromatic heterocycles. The number of methoxy groups -OCH3 is 1. The molecule has 7 heteroatoms. The van der Waals surface area contributed by atoms with Crippen LogP contribution in [0.2, 0.25) is 0 Å². The lowest BCUT2D eigenvalue weighted by atomic mass is 10.1. The third-order valence-electron chi connectivity index (χ3n) is 5.01. The Kier molecular flexibility index (Phi) is 5.12. The maximum Gasteiger partial charge on any atom is 0.219 e. The van der Waals surface area contributed by atoms with Crippen molar-refractivity contribution in [2.45, 2.75) is 26.3 Å². The van der Waals surface area contributed by atoms with Crippen molar-refractivity contribution in [1.82, 2.24) is 25.1 Å². The van der Waals surface area contributed by atoms with Gasteiger partial charge in [0.05, 0.1) is 30.2 Å². The third kappa shape index (κ3) is 3.63. The number of rotatable bonds is 6. The van der Waals surface area contributed by atoms with E-state index in [0.29, 0.717) is 13.0 Å². The van der Waals surface area contributed by atoms with Crippen molar-refractivity contribution >= 4 is 27.8 Å². The number of fused-ring (bicyclic) bond motifs is 2. The van der Waals surface area contributed by atoms with Crippen LogP contribution in [0.4, 0.5) is 0 Å². The molecule has 0 atom stereocenters. The Labute approximate surface area is 168 Å². The zero-order chi connectivity index (χ0) is 20.4. The van der Waals surface area contributed by atoms with Crippen LogP contribution in [-0.2, 0) is 11.3 Å². The number of nitrogens with one attached hydrogen (secondary N) is 1. The molecule has 0 saturated carbocycles. The Bertz CT molecular complexity index is 1200. The van der Waals surface area contributed by atoms with Crippen LogP contribution in [0.1, 0.15) is 18.4 Å². The highest BCUT2D eigenvalue weighted by Gasteiger charge is 2.13. The average molecular weight is 389 g/mol. The van der Waals surface area contributed by atoms with Gasteiger partial charge in [-0.25, -0.2) is 9.97 Å². The molecule has 0 aliphatic rings. The van der Waals surface area contributed by atoms with Crippen molar-refractivity contribution < 1.29 is 9.53 Å². The van der Waals surface area contributed by atoms with Crippen molar-refractivity contribution in [3.63, 3.8) is 0 Å². The van der Waals surface area contributed by atoms with Gasteiger partial charge >= 0.3 is 0 Å². The highest BCUT2D eigenvalue weighted by molar-refractivity contribution is 5.87. The van der Waals surface area contributed by atoms with Crippen LogP contribution in [0, 0.1) is 6.92 Å². The zero-order valence-corrected chi connectivity index (χ0v) is 16.8. The molecule has 0 spiro atoms. The van der Waals surface area contributed by atoms with Crippen LogP contribution in [0.15, 0.2) is 42.6 Å². The van der Waals surface area contributed by atoms with E-state index in [9.17, 15) is 4.79 Å². The first-order chi connectivity index (χ1) is 14.1. The van der Waals surface area contributed by atoms with Gasteiger partial charge in [-0.05, 0) is 37.1 Å². The molecule has 7 nitrogen and oxygen atoms in total. The number of hydrogen-bond acceptors (Lipinski definition) is 5. The van der Waals surface area contributed by atoms with Gasteiger partial charge in [-0.15, -0.1) is 0 Å². The predicted octanol–water partition coefficient (Wildman–Crippen LogP) is 3.49. The van der Waals surface area contributed by atoms with E-state index in [1.165, 1.54) is 0 Å². The van der Waals surface area contributed by atoms with Gasteiger partial charge in [0.25, 0.3) is 0 Å². The molecule has 0 unspecified atom stereocenters. The fourth-order valence-electron chi connectivity index (χ4n) is 3.54. The monoisotopic (exact) mass is 389 g/mol. The van der Waals surface area contributed by atoms with Crippen molar-refractivity contribution in [3.05, 3.63) is 48.2 Å². The first-order valence-electron chi connectivity index (χ1n) is 9.58. The van der Waals surface area contributed by atoms with Crippen LogP contribution in [-0.4, -0.2) is 39.8 Å². The fourth-order valence-corrected chi connectivity index (χ4v) is 3.54. The number of nitrogens with zero attached hydrogens (tertiary/aromatic N) is 4. The minimum absolute atomic E-state index is 0.0383. The van der Waals surface area contributed by atoms with Crippen molar-refractivity contribution in [1.29, 1.82) is 0 Å². The topological polar surface area (TPSA) is 81.9 Å². The molecule has 0 saturated heterocycles. The van der Waals surface area contributed by atoms with E-state index in [4.69, 9.17) is 14.7 Å². The highest BCUT2D eigenvalue weighted by Crippen LogP contribution is 2.28. The fraction of sp³-hybridized carbons (Fsp3) is 0.273. The number of ether oxygens (including phenoxy) is 1. The molecule has 0 bridgehead atoms. The molecule has 0 aliphatic heterocycles. The summed E-state index contributed by atoms with van der Waals surface area (Å²) >= 11 is 0. The summed E-state index contributed by atoms with van der Waals surface area (Å²) in [6.07, 6.45) is 2.97. The van der Waals surface area contributed by atoms with Crippen LogP contribution < -0.4 is 10.1 Å². The van der Waals surface area contributed by atoms with Gasteiger partial charge in [-0.3, -0.25) is 9.48 Å². The number of carbonyl (C=O) groups excluding carboxylic acids is 1. The number of aryl methyl sites for hydroxylation is 2. The molecule has 0 radical (unpaired) electrons. The Morgan fingerprint density at radius 3 is 2.83 bits per heavy atom. The molecule has 0 fully saturated rings. The van der Waals surface area contributed by atoms with Gasteiger partial charge in [0.2, 0.25) is 5.91 Å². The third-order valence-corrected chi connectivity index (χ3v) is 5.01. The van der Waals surface area contributed by atoms with Crippen molar-refractivity contribution in [3.8, 4) is 17.1 Å². The van der Waals surface area contributed by atoms with Crippen LogP contribution >= 0.6 is 0 Å². The number of carbonyl (C=O) groups is 1. The summed E-state index contributed by atoms with van der Waals surface area (Å²) < 4.78 is 7.37. The molecule has 29 heavy (non-hydrogen) atoms. The van der Waals surface area contributed by atoms with E-state index in [0.717, 1.165) is 51.1 Å². The molecule has 3 heterocycles. The minimum atomic E-state index is 0.0383. The molecule has 4 aromatic rings. The Morgan fingerprint density at radius 1 is 1.17 bits per heavy atom. The number of para-hydroxylation sites is 1. The van der Waals surface area contributed by atoms with E-state index >= 15 is 0 Å². The first-order valence-corrected chi connectivity index (χ1v) is 9.58. The Hall–Kier alpha value is -3.48. The van der Waals surface area contributed by atoms with E-state index < -0.39 is 0 Å². The van der Waals surface area contributed by atoms with E-state index in [-0.39, 0.29) is 5.91 Å². The summed E-state index contributed by atoms with van der Waals surface area (Å²) in [5, 5.41) is 8.14. The quantitative estimate of drug-likeness (QED) is 0.546. The van der Waals surface area contributed by atoms with Gasteiger partial charge < -0.3 is 10.1 Å². The summed E-state index contributed by atoms with van der Waals surface area (Å²) in [7, 11) is 3.30.